The molecule has 2 aromatic rings. The average molecular weight is 297 g/mol. The summed E-state index contributed by atoms with van der Waals surface area (Å²) in [6.07, 6.45) is 2.53. The summed E-state index contributed by atoms with van der Waals surface area (Å²) in [6, 6.07) is 7.49. The van der Waals surface area contributed by atoms with Crippen molar-refractivity contribution in [1.82, 2.24) is 4.98 Å². The summed E-state index contributed by atoms with van der Waals surface area (Å²) < 4.78 is 5.76. The fraction of sp³-hybridized carbons (Fsp3) is 0.333. The zero-order chi connectivity index (χ0) is 15.9. The number of aromatic amines is 1. The van der Waals surface area contributed by atoms with Gasteiger partial charge in [-0.1, -0.05) is 20.8 Å². The third kappa shape index (κ3) is 2.34. The molecule has 0 spiro atoms. The number of carbonyl (C=O) groups is 1. The minimum Gasteiger partial charge on any atom is -0.492 e. The molecule has 114 valence electrons. The third-order valence-electron chi connectivity index (χ3n) is 4.03. The molecule has 1 aliphatic heterocycles. The van der Waals surface area contributed by atoms with Gasteiger partial charge >= 0.3 is 0 Å². The lowest BCUT2D eigenvalue weighted by molar-refractivity contribution is -0.109. The van der Waals surface area contributed by atoms with E-state index in [-0.39, 0.29) is 16.9 Å². The highest BCUT2D eigenvalue weighted by Gasteiger charge is 2.31. The maximum atomic E-state index is 12.1. The number of nitrogens with one attached hydrogen (secondary N) is 1. The number of fused-ring (bicyclic) bond motifs is 1. The first-order valence-electron chi connectivity index (χ1n) is 7.36. The van der Waals surface area contributed by atoms with Crippen molar-refractivity contribution in [3.05, 3.63) is 51.9 Å². The SMILES string of the molecule is CC(C)(C)c1cc(-c2ccc[nH]c2=O)cc2c1OCC2C=O. The minimum atomic E-state index is -0.265. The number of benzene rings is 1. The summed E-state index contributed by atoms with van der Waals surface area (Å²) in [4.78, 5) is 26.1. The first kappa shape index (κ1) is 14.6. The smallest absolute Gasteiger partial charge is 0.255 e. The number of aromatic nitrogens is 1. The maximum absolute atomic E-state index is 12.1. The summed E-state index contributed by atoms with van der Waals surface area (Å²) in [7, 11) is 0. The van der Waals surface area contributed by atoms with E-state index in [4.69, 9.17) is 4.74 Å². The van der Waals surface area contributed by atoms with Crippen LogP contribution in [0.5, 0.6) is 5.75 Å². The number of rotatable bonds is 2. The van der Waals surface area contributed by atoms with Crippen molar-refractivity contribution in [1.29, 1.82) is 0 Å². The van der Waals surface area contributed by atoms with Gasteiger partial charge in [-0.05, 0) is 35.2 Å². The molecule has 0 saturated carbocycles. The van der Waals surface area contributed by atoms with Gasteiger partial charge in [-0.25, -0.2) is 0 Å². The normalized spacial score (nSPS) is 17.0. The lowest BCUT2D eigenvalue weighted by Gasteiger charge is -2.23. The van der Waals surface area contributed by atoms with Gasteiger partial charge in [-0.15, -0.1) is 0 Å². The number of ether oxygens (including phenoxy) is 1. The highest BCUT2D eigenvalue weighted by Crippen LogP contribution is 2.43. The van der Waals surface area contributed by atoms with E-state index in [9.17, 15) is 9.59 Å². The highest BCUT2D eigenvalue weighted by molar-refractivity contribution is 5.74. The zero-order valence-electron chi connectivity index (χ0n) is 13.0. The fourth-order valence-corrected chi connectivity index (χ4v) is 2.82. The number of hydrogen-bond donors (Lipinski definition) is 1. The van der Waals surface area contributed by atoms with Gasteiger partial charge in [0.2, 0.25) is 0 Å². The predicted octanol–water partition coefficient (Wildman–Crippen LogP) is 3.01. The maximum Gasteiger partial charge on any atom is 0.255 e. The molecule has 1 N–H and O–H groups in total. The van der Waals surface area contributed by atoms with Crippen molar-refractivity contribution >= 4 is 6.29 Å². The van der Waals surface area contributed by atoms with E-state index < -0.39 is 0 Å². The van der Waals surface area contributed by atoms with Crippen LogP contribution in [0.4, 0.5) is 0 Å². The molecule has 4 nitrogen and oxygen atoms in total. The van der Waals surface area contributed by atoms with E-state index in [0.29, 0.717) is 12.2 Å². The van der Waals surface area contributed by atoms with Crippen molar-refractivity contribution in [2.75, 3.05) is 6.61 Å². The highest BCUT2D eigenvalue weighted by atomic mass is 16.5. The van der Waals surface area contributed by atoms with Gasteiger partial charge in [0.25, 0.3) is 5.56 Å². The summed E-state index contributed by atoms with van der Waals surface area (Å²) in [5.41, 5.74) is 3.05. The number of carbonyl (C=O) groups excluding carboxylic acids is 1. The molecule has 1 aromatic heterocycles. The second-order valence-electron chi connectivity index (χ2n) is 6.66. The minimum absolute atomic E-state index is 0.135. The van der Waals surface area contributed by atoms with Gasteiger partial charge in [0, 0.05) is 22.9 Å². The van der Waals surface area contributed by atoms with Crippen molar-refractivity contribution in [2.45, 2.75) is 32.1 Å². The number of aldehydes is 1. The molecule has 1 unspecified atom stereocenters. The molecular weight excluding hydrogens is 278 g/mol. The van der Waals surface area contributed by atoms with E-state index in [1.165, 1.54) is 0 Å². The third-order valence-corrected chi connectivity index (χ3v) is 4.03. The van der Waals surface area contributed by atoms with Gasteiger partial charge in [-0.3, -0.25) is 4.79 Å². The monoisotopic (exact) mass is 297 g/mol. The Bertz CT molecular complexity index is 784. The van der Waals surface area contributed by atoms with Crippen molar-refractivity contribution in [2.24, 2.45) is 0 Å². The fourth-order valence-electron chi connectivity index (χ4n) is 2.82. The average Bonchev–Trinajstić information content (AvgIpc) is 2.88. The van der Waals surface area contributed by atoms with Crippen LogP contribution in [0.3, 0.4) is 0 Å². The van der Waals surface area contributed by atoms with Gasteiger partial charge in [0.05, 0.1) is 5.92 Å². The van der Waals surface area contributed by atoms with Gasteiger partial charge in [0.15, 0.2) is 0 Å². The second-order valence-corrected chi connectivity index (χ2v) is 6.66. The summed E-state index contributed by atoms with van der Waals surface area (Å²) in [5.74, 6) is 0.527. The molecule has 1 atom stereocenters. The largest absolute Gasteiger partial charge is 0.492 e. The number of pyridine rings is 1. The van der Waals surface area contributed by atoms with Crippen LogP contribution in [0.2, 0.25) is 0 Å². The summed E-state index contributed by atoms with van der Waals surface area (Å²) in [5, 5.41) is 0. The molecule has 4 heteroatoms. The molecular formula is C18H19NO3. The molecule has 2 heterocycles. The first-order chi connectivity index (χ1) is 10.4. The number of H-pyrrole nitrogens is 1. The van der Waals surface area contributed by atoms with Crippen LogP contribution in [-0.4, -0.2) is 17.9 Å². The quantitative estimate of drug-likeness (QED) is 0.867. The molecule has 0 radical (unpaired) electrons. The molecule has 1 aromatic carbocycles. The van der Waals surface area contributed by atoms with Crippen molar-refractivity contribution in [3.63, 3.8) is 0 Å². The Hall–Kier alpha value is -2.36. The molecule has 22 heavy (non-hydrogen) atoms. The molecule has 0 bridgehead atoms. The van der Waals surface area contributed by atoms with Crippen molar-refractivity contribution in [3.8, 4) is 16.9 Å². The Morgan fingerprint density at radius 2 is 2.09 bits per heavy atom. The Morgan fingerprint density at radius 3 is 2.73 bits per heavy atom. The topological polar surface area (TPSA) is 59.2 Å². The first-order valence-corrected chi connectivity index (χ1v) is 7.36. The molecule has 0 amide bonds. The van der Waals surface area contributed by atoms with Crippen LogP contribution >= 0.6 is 0 Å². The van der Waals surface area contributed by atoms with Crippen LogP contribution < -0.4 is 10.3 Å². The standard InChI is InChI=1S/C18H19NO3/c1-18(2,3)15-8-11(13-5-4-6-19-17(13)21)7-14-12(9-20)10-22-16(14)15/h4-9,12H,10H2,1-3H3,(H,19,21). The van der Waals surface area contributed by atoms with E-state index >= 15 is 0 Å². The zero-order valence-corrected chi connectivity index (χ0v) is 13.0. The van der Waals surface area contributed by atoms with E-state index in [1.807, 2.05) is 12.1 Å². The lowest BCUT2D eigenvalue weighted by atomic mass is 9.82. The van der Waals surface area contributed by atoms with Gasteiger partial charge < -0.3 is 14.5 Å². The van der Waals surface area contributed by atoms with Crippen LogP contribution in [0, 0.1) is 0 Å². The Morgan fingerprint density at radius 1 is 1.32 bits per heavy atom. The Balaban J connectivity index is 2.28. The summed E-state index contributed by atoms with van der Waals surface area (Å²) in [6.45, 7) is 6.66. The summed E-state index contributed by atoms with van der Waals surface area (Å²) >= 11 is 0. The predicted molar refractivity (Wildman–Crippen MR) is 85.5 cm³/mol. The van der Waals surface area contributed by atoms with Gasteiger partial charge in [-0.2, -0.15) is 0 Å². The molecule has 0 aliphatic carbocycles. The number of hydrogen-bond acceptors (Lipinski definition) is 3. The van der Waals surface area contributed by atoms with Crippen LogP contribution in [0.1, 0.15) is 37.8 Å². The molecule has 0 saturated heterocycles. The van der Waals surface area contributed by atoms with Gasteiger partial charge in [0.1, 0.15) is 18.6 Å². The lowest BCUT2D eigenvalue weighted by Crippen LogP contribution is -2.14. The van der Waals surface area contributed by atoms with E-state index in [1.54, 1.807) is 18.3 Å². The van der Waals surface area contributed by atoms with Crippen molar-refractivity contribution < 1.29 is 9.53 Å². The van der Waals surface area contributed by atoms with E-state index in [2.05, 4.69) is 25.8 Å². The van der Waals surface area contributed by atoms with E-state index in [0.717, 1.165) is 28.7 Å². The molecule has 0 fully saturated rings. The Labute approximate surface area is 129 Å². The molecule has 3 rings (SSSR count). The van der Waals surface area contributed by atoms with Crippen LogP contribution in [-0.2, 0) is 10.2 Å². The van der Waals surface area contributed by atoms with Crippen LogP contribution in [0.25, 0.3) is 11.1 Å². The molecule has 1 aliphatic rings. The second kappa shape index (κ2) is 5.13. The van der Waals surface area contributed by atoms with Crippen LogP contribution in [0.15, 0.2) is 35.3 Å². The Kier molecular flexibility index (Phi) is 3.39.